The highest BCUT2D eigenvalue weighted by atomic mass is 16.5. The highest BCUT2D eigenvalue weighted by molar-refractivity contribution is 5.83. The molecule has 1 aromatic rings. The van der Waals surface area contributed by atoms with E-state index in [0.29, 0.717) is 0 Å². The average molecular weight is 274 g/mol. The van der Waals surface area contributed by atoms with E-state index < -0.39 is 5.97 Å². The second kappa shape index (κ2) is 7.15. The number of esters is 1. The summed E-state index contributed by atoms with van der Waals surface area (Å²) < 4.78 is 4.74. The van der Waals surface area contributed by atoms with Crippen LogP contribution in [0.4, 0.5) is 0 Å². The van der Waals surface area contributed by atoms with Gasteiger partial charge in [0.2, 0.25) is 12.3 Å². The Hall–Kier alpha value is -2.54. The molecule has 0 aromatic heterocycles. The first-order valence-corrected chi connectivity index (χ1v) is 6.06. The Morgan fingerprint density at radius 1 is 1.35 bits per heavy atom. The smallest absolute Gasteiger partial charge is 0.315 e. The van der Waals surface area contributed by atoms with Gasteiger partial charge in [0.05, 0.1) is 25.3 Å². The van der Waals surface area contributed by atoms with E-state index >= 15 is 0 Å². The Kier molecular flexibility index (Phi) is 4.96. The summed E-state index contributed by atoms with van der Waals surface area (Å²) in [4.78, 5) is 22.3. The Morgan fingerprint density at radius 2 is 2.15 bits per heavy atom. The number of carbonyl (C=O) groups excluding carboxylic acids is 2. The molecule has 0 radical (unpaired) electrons. The summed E-state index contributed by atoms with van der Waals surface area (Å²) in [5.74, 6) is -0.632. The van der Waals surface area contributed by atoms with Crippen molar-refractivity contribution < 1.29 is 14.3 Å². The molecule has 0 saturated carbocycles. The molecule has 1 saturated heterocycles. The van der Waals surface area contributed by atoms with Crippen LogP contribution < -0.4 is 10.6 Å². The maximum Gasteiger partial charge on any atom is 0.315 e. The summed E-state index contributed by atoms with van der Waals surface area (Å²) in [6, 6.07) is 9.42. The largest absolute Gasteiger partial charge is 0.413 e. The van der Waals surface area contributed by atoms with Gasteiger partial charge in [-0.25, -0.2) is 0 Å². The van der Waals surface area contributed by atoms with Gasteiger partial charge in [0.25, 0.3) is 0 Å². The van der Waals surface area contributed by atoms with Crippen LogP contribution in [0.15, 0.2) is 40.5 Å². The normalized spacial score (nSPS) is 18.6. The van der Waals surface area contributed by atoms with Crippen molar-refractivity contribution in [2.24, 2.45) is 10.2 Å². The molecule has 2 N–H and O–H groups in total. The first-order valence-electron chi connectivity index (χ1n) is 6.06. The molecular weight excluding hydrogens is 260 g/mol. The zero-order chi connectivity index (χ0) is 14.2. The van der Waals surface area contributed by atoms with Gasteiger partial charge in [-0.05, 0) is 5.56 Å². The Morgan fingerprint density at radius 3 is 2.85 bits per heavy atom. The summed E-state index contributed by atoms with van der Waals surface area (Å²) in [6.07, 6.45) is 2.18. The molecule has 20 heavy (non-hydrogen) atoms. The number of nitrogens with one attached hydrogen (secondary N) is 2. The standard InChI is InChI=1S/C13H14N4O3/c18-12-8-14-11(17-12)6-13(19)20-9-16-15-7-10-4-2-1-3-5-10/h1-5,7,9,11,14H,6,8H2,(H,17,18)/b15-7+,16-9+. The fourth-order valence-electron chi connectivity index (χ4n) is 1.60. The molecule has 1 aliphatic rings. The van der Waals surface area contributed by atoms with Crippen molar-refractivity contribution in [2.75, 3.05) is 6.54 Å². The minimum absolute atomic E-state index is 0.0418. The van der Waals surface area contributed by atoms with Gasteiger partial charge in [0.1, 0.15) is 0 Å². The van der Waals surface area contributed by atoms with E-state index in [9.17, 15) is 9.59 Å². The number of benzene rings is 1. The number of nitrogens with zero attached hydrogens (tertiary/aromatic N) is 2. The maximum atomic E-state index is 11.4. The minimum Gasteiger partial charge on any atom is -0.413 e. The average Bonchev–Trinajstić information content (AvgIpc) is 2.85. The SMILES string of the molecule is O=C1CNC(CC(=O)O/C=N/N=C/c2ccccc2)N1. The van der Waals surface area contributed by atoms with E-state index in [1.54, 1.807) is 6.21 Å². The highest BCUT2D eigenvalue weighted by Gasteiger charge is 2.22. The number of rotatable bonds is 5. The molecule has 1 unspecified atom stereocenters. The van der Waals surface area contributed by atoms with Crippen LogP contribution >= 0.6 is 0 Å². The molecule has 1 fully saturated rings. The van der Waals surface area contributed by atoms with E-state index in [1.165, 1.54) is 0 Å². The number of ether oxygens (including phenoxy) is 1. The third-order valence-electron chi connectivity index (χ3n) is 2.52. The van der Waals surface area contributed by atoms with Crippen molar-refractivity contribution in [1.29, 1.82) is 0 Å². The van der Waals surface area contributed by atoms with Crippen LogP contribution in [0.25, 0.3) is 0 Å². The van der Waals surface area contributed by atoms with Crippen molar-refractivity contribution in [3.8, 4) is 0 Å². The van der Waals surface area contributed by atoms with Crippen LogP contribution in [0.3, 0.4) is 0 Å². The van der Waals surface area contributed by atoms with Gasteiger partial charge in [-0.1, -0.05) is 30.3 Å². The zero-order valence-corrected chi connectivity index (χ0v) is 10.7. The maximum absolute atomic E-state index is 11.4. The van der Waals surface area contributed by atoms with Gasteiger partial charge in [0, 0.05) is 0 Å². The van der Waals surface area contributed by atoms with Gasteiger partial charge >= 0.3 is 5.97 Å². The Balaban J connectivity index is 1.69. The summed E-state index contributed by atoms with van der Waals surface area (Å²) >= 11 is 0. The lowest BCUT2D eigenvalue weighted by Crippen LogP contribution is -2.34. The van der Waals surface area contributed by atoms with E-state index in [-0.39, 0.29) is 25.0 Å². The molecule has 0 spiro atoms. The van der Waals surface area contributed by atoms with Crippen molar-refractivity contribution in [3.63, 3.8) is 0 Å². The van der Waals surface area contributed by atoms with Crippen LogP contribution in [0.1, 0.15) is 12.0 Å². The zero-order valence-electron chi connectivity index (χ0n) is 10.7. The van der Waals surface area contributed by atoms with Crippen LogP contribution in [0.5, 0.6) is 0 Å². The number of carbonyl (C=O) groups is 2. The molecule has 0 aliphatic carbocycles. The highest BCUT2D eigenvalue weighted by Crippen LogP contribution is 1.96. The van der Waals surface area contributed by atoms with Crippen molar-refractivity contribution in [3.05, 3.63) is 35.9 Å². The summed E-state index contributed by atoms with van der Waals surface area (Å²) in [5.41, 5.74) is 0.897. The molecule has 0 bridgehead atoms. The molecule has 1 heterocycles. The molecule has 7 heteroatoms. The monoisotopic (exact) mass is 274 g/mol. The second-order valence-corrected chi connectivity index (χ2v) is 4.07. The van der Waals surface area contributed by atoms with E-state index in [4.69, 9.17) is 4.74 Å². The molecule has 7 nitrogen and oxygen atoms in total. The van der Waals surface area contributed by atoms with Crippen LogP contribution in [-0.2, 0) is 14.3 Å². The van der Waals surface area contributed by atoms with E-state index in [2.05, 4.69) is 20.8 Å². The lowest BCUT2D eigenvalue weighted by molar-refractivity contribution is -0.135. The summed E-state index contributed by atoms with van der Waals surface area (Å²) in [6.45, 7) is 0.216. The predicted molar refractivity (Wildman–Crippen MR) is 73.2 cm³/mol. The number of hydrogen-bond donors (Lipinski definition) is 2. The first-order chi connectivity index (χ1) is 9.74. The molecule has 1 aromatic carbocycles. The lowest BCUT2D eigenvalue weighted by Gasteiger charge is -2.07. The number of hydrogen-bond acceptors (Lipinski definition) is 6. The molecule has 1 amide bonds. The second-order valence-electron chi connectivity index (χ2n) is 4.07. The minimum atomic E-state index is -0.497. The lowest BCUT2D eigenvalue weighted by atomic mass is 10.2. The fourth-order valence-corrected chi connectivity index (χ4v) is 1.60. The topological polar surface area (TPSA) is 92.2 Å². The summed E-state index contributed by atoms with van der Waals surface area (Å²) in [7, 11) is 0. The molecule has 1 atom stereocenters. The van der Waals surface area contributed by atoms with Crippen LogP contribution in [-0.4, -0.2) is 37.2 Å². The Bertz CT molecular complexity index is 528. The fraction of sp³-hybridized carbons (Fsp3) is 0.231. The quantitative estimate of drug-likeness (QED) is 0.343. The van der Waals surface area contributed by atoms with Gasteiger partial charge < -0.3 is 10.1 Å². The van der Waals surface area contributed by atoms with Crippen molar-refractivity contribution in [2.45, 2.75) is 12.6 Å². The van der Waals surface area contributed by atoms with Gasteiger partial charge in [-0.15, -0.1) is 5.10 Å². The summed E-state index contributed by atoms with van der Waals surface area (Å²) in [5, 5.41) is 12.7. The van der Waals surface area contributed by atoms with Crippen molar-refractivity contribution in [1.82, 2.24) is 10.6 Å². The van der Waals surface area contributed by atoms with Crippen LogP contribution in [0.2, 0.25) is 0 Å². The first kappa shape index (κ1) is 13.9. The molecule has 2 rings (SSSR count). The molecule has 104 valence electrons. The van der Waals surface area contributed by atoms with Gasteiger partial charge in [-0.3, -0.25) is 14.9 Å². The third-order valence-corrected chi connectivity index (χ3v) is 2.52. The van der Waals surface area contributed by atoms with Gasteiger partial charge in [0.15, 0.2) is 0 Å². The molecular formula is C13H14N4O3. The molecule has 1 aliphatic heterocycles. The number of amides is 1. The Labute approximate surface area is 115 Å². The third kappa shape index (κ3) is 4.62. The van der Waals surface area contributed by atoms with Crippen molar-refractivity contribution >= 4 is 24.5 Å². The predicted octanol–water partition coefficient (Wildman–Crippen LogP) is 0.0276. The van der Waals surface area contributed by atoms with E-state index in [1.807, 2.05) is 30.3 Å². The van der Waals surface area contributed by atoms with Crippen LogP contribution in [0, 0.1) is 0 Å². The van der Waals surface area contributed by atoms with E-state index in [0.717, 1.165) is 12.0 Å². The van der Waals surface area contributed by atoms with Gasteiger partial charge in [-0.2, -0.15) is 5.10 Å².